The molecule has 1 aromatic rings. The van der Waals surface area contributed by atoms with E-state index in [0.717, 1.165) is 11.8 Å². The van der Waals surface area contributed by atoms with Gasteiger partial charge in [-0.15, -0.1) is 0 Å². The van der Waals surface area contributed by atoms with E-state index in [0.29, 0.717) is 11.8 Å². The molecule has 2 aliphatic carbocycles. The molecule has 0 spiro atoms. The number of benzene rings is 1. The van der Waals surface area contributed by atoms with Crippen molar-refractivity contribution in [2.45, 2.75) is 24.7 Å². The predicted molar refractivity (Wildman–Crippen MR) is 86.3 cm³/mol. The summed E-state index contributed by atoms with van der Waals surface area (Å²) in [5.74, 6) is 2.91. The molecule has 0 bridgehead atoms. The molecule has 0 aromatic heterocycles. The Morgan fingerprint density at radius 3 is 2.00 bits per heavy atom. The van der Waals surface area contributed by atoms with Crippen LogP contribution in [0.15, 0.2) is 40.9 Å². The summed E-state index contributed by atoms with van der Waals surface area (Å²) in [5, 5.41) is 0. The number of hydrogen-bond acceptors (Lipinski definition) is 1. The lowest BCUT2D eigenvalue weighted by Crippen LogP contribution is -2.43. The largest absolute Gasteiger partial charge is 0.370 e. The number of allylic oxidation sites excluding steroid dienone is 4. The highest BCUT2D eigenvalue weighted by molar-refractivity contribution is 9.10. The van der Waals surface area contributed by atoms with Crippen LogP contribution in [0.2, 0.25) is 0 Å². The van der Waals surface area contributed by atoms with Gasteiger partial charge in [-0.25, -0.2) is 0 Å². The molecule has 2 heterocycles. The monoisotopic (exact) mass is 327 g/mol. The molecule has 2 heteroatoms. The molecule has 4 aliphatic rings. The van der Waals surface area contributed by atoms with Crippen LogP contribution in [0.25, 0.3) is 0 Å². The zero-order valence-electron chi connectivity index (χ0n) is 11.4. The maximum atomic E-state index is 3.75. The van der Waals surface area contributed by atoms with Gasteiger partial charge in [0.2, 0.25) is 0 Å². The van der Waals surface area contributed by atoms with Crippen LogP contribution in [-0.2, 0) is 0 Å². The minimum atomic E-state index is 0.652. The smallest absolute Gasteiger partial charge is 0.0444 e. The molecule has 0 fully saturated rings. The number of nitrogens with zero attached hydrogens (tertiary/aromatic N) is 1. The van der Waals surface area contributed by atoms with E-state index in [4.69, 9.17) is 0 Å². The maximum Gasteiger partial charge on any atom is 0.0444 e. The van der Waals surface area contributed by atoms with Crippen LogP contribution in [-0.4, -0.2) is 13.1 Å². The zero-order valence-corrected chi connectivity index (χ0v) is 13.0. The molecule has 20 heavy (non-hydrogen) atoms. The Morgan fingerprint density at radius 1 is 0.900 bits per heavy atom. The van der Waals surface area contributed by atoms with Crippen molar-refractivity contribution in [3.8, 4) is 0 Å². The first-order valence-electron chi connectivity index (χ1n) is 7.73. The molecule has 2 aliphatic heterocycles. The predicted octanol–water partition coefficient (Wildman–Crippen LogP) is 4.60. The van der Waals surface area contributed by atoms with E-state index in [2.05, 4.69) is 57.3 Å². The number of halogens is 1. The van der Waals surface area contributed by atoms with Crippen molar-refractivity contribution in [3.63, 3.8) is 0 Å². The molecular formula is C18H18BrN. The average Bonchev–Trinajstić information content (AvgIpc) is 3.06. The Hall–Kier alpha value is -1.02. The average molecular weight is 328 g/mol. The van der Waals surface area contributed by atoms with Crippen LogP contribution in [0.3, 0.4) is 0 Å². The maximum absolute atomic E-state index is 3.75. The Balaban J connectivity index is 1.76. The zero-order chi connectivity index (χ0) is 13.3. The summed E-state index contributed by atoms with van der Waals surface area (Å²) in [6, 6.07) is 4.74. The van der Waals surface area contributed by atoms with Gasteiger partial charge in [0.25, 0.3) is 0 Å². The molecule has 4 unspecified atom stereocenters. The molecule has 5 rings (SSSR count). The molecule has 0 amide bonds. The summed E-state index contributed by atoms with van der Waals surface area (Å²) in [4.78, 5) is 2.69. The van der Waals surface area contributed by atoms with Crippen molar-refractivity contribution in [2.75, 3.05) is 18.0 Å². The van der Waals surface area contributed by atoms with Gasteiger partial charge >= 0.3 is 0 Å². The Bertz CT molecular complexity index is 594. The van der Waals surface area contributed by atoms with Gasteiger partial charge in [-0.3, -0.25) is 0 Å². The van der Waals surface area contributed by atoms with Crippen LogP contribution in [0.1, 0.15) is 35.8 Å². The topological polar surface area (TPSA) is 3.24 Å². The minimum Gasteiger partial charge on any atom is -0.370 e. The second kappa shape index (κ2) is 4.00. The number of anilines is 1. The molecule has 0 saturated carbocycles. The van der Waals surface area contributed by atoms with Gasteiger partial charge in [-0.1, -0.05) is 40.2 Å². The van der Waals surface area contributed by atoms with Gasteiger partial charge in [0.15, 0.2) is 0 Å². The van der Waals surface area contributed by atoms with Crippen molar-refractivity contribution in [1.82, 2.24) is 0 Å². The van der Waals surface area contributed by atoms with E-state index in [1.54, 1.807) is 16.8 Å². The van der Waals surface area contributed by atoms with Crippen LogP contribution in [0, 0.1) is 11.8 Å². The lowest BCUT2D eigenvalue weighted by molar-refractivity contribution is 0.410. The van der Waals surface area contributed by atoms with E-state index in [1.165, 1.54) is 30.4 Å². The van der Waals surface area contributed by atoms with Crippen LogP contribution >= 0.6 is 15.9 Å². The normalized spacial score (nSPS) is 36.0. The van der Waals surface area contributed by atoms with Crippen molar-refractivity contribution >= 4 is 21.6 Å². The van der Waals surface area contributed by atoms with Crippen molar-refractivity contribution in [1.29, 1.82) is 0 Å². The van der Waals surface area contributed by atoms with Crippen molar-refractivity contribution in [2.24, 2.45) is 11.8 Å². The molecule has 1 nitrogen and oxygen atoms in total. The molecular weight excluding hydrogens is 310 g/mol. The van der Waals surface area contributed by atoms with E-state index in [-0.39, 0.29) is 0 Å². The fourth-order valence-corrected chi connectivity index (χ4v) is 5.33. The van der Waals surface area contributed by atoms with Gasteiger partial charge in [-0.05, 0) is 47.9 Å². The first kappa shape index (κ1) is 11.6. The third-order valence-corrected chi connectivity index (χ3v) is 6.12. The van der Waals surface area contributed by atoms with Gasteiger partial charge in [0, 0.05) is 35.1 Å². The number of hydrogen-bond donors (Lipinski definition) is 0. The molecule has 0 N–H and O–H groups in total. The summed E-state index contributed by atoms with van der Waals surface area (Å²) in [5.41, 5.74) is 4.70. The first-order valence-corrected chi connectivity index (χ1v) is 8.52. The fraction of sp³-hybridized carbons (Fsp3) is 0.444. The lowest BCUT2D eigenvalue weighted by atomic mass is 9.75. The summed E-state index contributed by atoms with van der Waals surface area (Å²) in [6.45, 7) is 2.50. The quantitative estimate of drug-likeness (QED) is 0.629. The van der Waals surface area contributed by atoms with Crippen molar-refractivity contribution in [3.05, 3.63) is 52.0 Å². The van der Waals surface area contributed by atoms with E-state index in [9.17, 15) is 0 Å². The molecule has 0 saturated heterocycles. The van der Waals surface area contributed by atoms with Gasteiger partial charge in [0.1, 0.15) is 0 Å². The van der Waals surface area contributed by atoms with E-state index >= 15 is 0 Å². The number of fused-ring (bicyclic) bond motifs is 4. The minimum absolute atomic E-state index is 0.652. The molecule has 102 valence electrons. The highest BCUT2D eigenvalue weighted by atomic mass is 79.9. The summed E-state index contributed by atoms with van der Waals surface area (Å²) in [6.07, 6.45) is 12.2. The third kappa shape index (κ3) is 1.43. The lowest BCUT2D eigenvalue weighted by Gasteiger charge is -2.46. The second-order valence-corrected chi connectivity index (χ2v) is 7.65. The van der Waals surface area contributed by atoms with E-state index < -0.39 is 0 Å². The SMILES string of the molecule is Brc1cc2c3c(c1)C1C=CCC1CN3CC1CC=CC21. The van der Waals surface area contributed by atoms with E-state index in [1.807, 2.05) is 0 Å². The summed E-state index contributed by atoms with van der Waals surface area (Å²) in [7, 11) is 0. The summed E-state index contributed by atoms with van der Waals surface area (Å²) >= 11 is 3.75. The first-order chi connectivity index (χ1) is 9.81. The Morgan fingerprint density at radius 2 is 1.45 bits per heavy atom. The fourth-order valence-electron chi connectivity index (χ4n) is 4.84. The highest BCUT2D eigenvalue weighted by Gasteiger charge is 2.42. The van der Waals surface area contributed by atoms with Gasteiger partial charge in [-0.2, -0.15) is 0 Å². The van der Waals surface area contributed by atoms with Crippen molar-refractivity contribution < 1.29 is 0 Å². The van der Waals surface area contributed by atoms with Gasteiger partial charge in [0.05, 0.1) is 0 Å². The molecule has 0 radical (unpaired) electrons. The Labute approximate surface area is 128 Å². The molecule has 1 aromatic carbocycles. The van der Waals surface area contributed by atoms with Crippen LogP contribution < -0.4 is 4.90 Å². The van der Waals surface area contributed by atoms with Crippen LogP contribution in [0.4, 0.5) is 5.69 Å². The van der Waals surface area contributed by atoms with Crippen LogP contribution in [0.5, 0.6) is 0 Å². The Kier molecular flexibility index (Phi) is 2.33. The standard InChI is InChI=1S/C18H18BrN/c19-13-7-16-14-5-1-3-11(14)9-20-10-12-4-2-6-15(12)17(8-13)18(16)20/h1-2,5-8,11-12,14-15H,3-4,9-10H2. The third-order valence-electron chi connectivity index (χ3n) is 5.66. The highest BCUT2D eigenvalue weighted by Crippen LogP contribution is 2.53. The number of rotatable bonds is 0. The molecule has 4 atom stereocenters. The second-order valence-electron chi connectivity index (χ2n) is 6.74. The summed E-state index contributed by atoms with van der Waals surface area (Å²) < 4.78 is 1.26. The van der Waals surface area contributed by atoms with Gasteiger partial charge < -0.3 is 4.90 Å².